The average Bonchev–Trinajstić information content (AvgIpc) is 2.74. The summed E-state index contributed by atoms with van der Waals surface area (Å²) in [6.07, 6.45) is 18.1. The maximum atomic E-state index is 4.73. The number of aliphatic imine (C=N–C) groups is 2. The zero-order chi connectivity index (χ0) is 19.7. The molecule has 0 aliphatic rings. The van der Waals surface area contributed by atoms with Crippen molar-refractivity contribution in [1.82, 2.24) is 0 Å². The van der Waals surface area contributed by atoms with Crippen molar-refractivity contribution < 1.29 is 20.4 Å². The molecule has 2 rings (SSSR count). The van der Waals surface area contributed by atoms with Crippen LogP contribution in [0.3, 0.4) is 0 Å². The van der Waals surface area contributed by atoms with Gasteiger partial charge in [0.2, 0.25) is 0 Å². The van der Waals surface area contributed by atoms with E-state index < -0.39 is 0 Å². The van der Waals surface area contributed by atoms with Crippen molar-refractivity contribution in [3.05, 3.63) is 72.8 Å². The summed E-state index contributed by atoms with van der Waals surface area (Å²) < 4.78 is 0. The van der Waals surface area contributed by atoms with E-state index >= 15 is 0 Å². The number of nitrogens with zero attached hydrogens (tertiary/aromatic N) is 2. The Kier molecular flexibility index (Phi) is 14.8. The van der Waals surface area contributed by atoms with Gasteiger partial charge in [-0.3, -0.25) is 4.99 Å². The number of benzene rings is 2. The summed E-state index contributed by atoms with van der Waals surface area (Å²) in [6, 6.07) is 20.1. The van der Waals surface area contributed by atoms with Crippen LogP contribution < -0.4 is 0 Å². The average molecular weight is 481 g/mol. The van der Waals surface area contributed by atoms with E-state index in [0.717, 1.165) is 23.5 Å². The van der Waals surface area contributed by atoms with Gasteiger partial charge in [0.1, 0.15) is 0 Å². The normalized spacial score (nSPS) is 11.8. The summed E-state index contributed by atoms with van der Waals surface area (Å²) in [5.41, 5.74) is 2.78. The van der Waals surface area contributed by atoms with E-state index in [4.69, 9.17) is 4.99 Å². The number of hydrogen-bond acceptors (Lipinski definition) is 2. The number of rotatable bonds is 13. The number of hydrogen-bond donors (Lipinski definition) is 0. The van der Waals surface area contributed by atoms with Crippen LogP contribution in [0, 0.1) is 0 Å². The molecule has 158 valence electrons. The molecule has 0 aliphatic carbocycles. The van der Waals surface area contributed by atoms with Crippen LogP contribution in [-0.2, 0) is 20.4 Å². The van der Waals surface area contributed by atoms with E-state index in [1.165, 1.54) is 51.4 Å². The first-order valence-electron chi connectivity index (χ1n) is 10.8. The van der Waals surface area contributed by atoms with E-state index in [-0.39, 0.29) is 20.4 Å². The van der Waals surface area contributed by atoms with Crippen molar-refractivity contribution >= 4 is 23.3 Å². The molecule has 0 N–H and O–H groups in total. The van der Waals surface area contributed by atoms with Crippen LogP contribution in [-0.4, -0.2) is 11.9 Å². The van der Waals surface area contributed by atoms with Gasteiger partial charge in [0.05, 0.1) is 23.3 Å². The topological polar surface area (TPSA) is 24.7 Å². The maximum absolute atomic E-state index is 4.73. The Hall–Kier alpha value is -1.82. The minimum atomic E-state index is 0. The minimum Gasteiger partial charge on any atom is -0.255 e. The van der Waals surface area contributed by atoms with Gasteiger partial charge in [-0.2, -0.15) is 0 Å². The molecule has 0 aliphatic heterocycles. The van der Waals surface area contributed by atoms with Gasteiger partial charge in [-0.25, -0.2) is 4.99 Å². The largest absolute Gasteiger partial charge is 0.255 e. The molecule has 2 aromatic carbocycles. The van der Waals surface area contributed by atoms with Crippen molar-refractivity contribution in [3.63, 3.8) is 0 Å². The first-order chi connectivity index (χ1) is 13.9. The van der Waals surface area contributed by atoms with Crippen LogP contribution in [0.1, 0.15) is 64.7 Å². The minimum absolute atomic E-state index is 0. The van der Waals surface area contributed by atoms with E-state index in [9.17, 15) is 0 Å². The standard InChI is InChI=1S/C26H34N2.Pd/c1-2-3-4-5-6-7-8-9-10-13-22-26(28-25-20-16-12-17-21-25)23-27-24-18-14-11-15-19-24;/h11-23H,2-10H2,1H3;/b22-13+,27-23+,28-26+;. The Morgan fingerprint density at radius 2 is 1.28 bits per heavy atom. The van der Waals surface area contributed by atoms with Crippen molar-refractivity contribution in [2.75, 3.05) is 0 Å². The zero-order valence-corrected chi connectivity index (χ0v) is 19.1. The molecule has 2 nitrogen and oxygen atoms in total. The molecule has 0 heterocycles. The molecule has 0 bridgehead atoms. The molecule has 0 saturated carbocycles. The predicted molar refractivity (Wildman–Crippen MR) is 124 cm³/mol. The Morgan fingerprint density at radius 1 is 0.724 bits per heavy atom. The second-order valence-corrected chi connectivity index (χ2v) is 7.13. The van der Waals surface area contributed by atoms with Gasteiger partial charge >= 0.3 is 0 Å². The number of unbranched alkanes of at least 4 members (excludes halogenated alkanes) is 8. The Bertz CT molecular complexity index is 721. The third-order valence-corrected chi connectivity index (χ3v) is 4.63. The van der Waals surface area contributed by atoms with Crippen LogP contribution in [0.5, 0.6) is 0 Å². The summed E-state index contributed by atoms with van der Waals surface area (Å²) in [7, 11) is 0. The number of para-hydroxylation sites is 2. The van der Waals surface area contributed by atoms with Gasteiger partial charge in [-0.1, -0.05) is 94.3 Å². The van der Waals surface area contributed by atoms with E-state index in [2.05, 4.69) is 24.1 Å². The molecule has 0 amide bonds. The molecule has 29 heavy (non-hydrogen) atoms. The zero-order valence-electron chi connectivity index (χ0n) is 17.6. The molecule has 0 aromatic heterocycles. The van der Waals surface area contributed by atoms with Gasteiger partial charge in [0.15, 0.2) is 0 Å². The van der Waals surface area contributed by atoms with Crippen LogP contribution >= 0.6 is 0 Å². The van der Waals surface area contributed by atoms with Gasteiger partial charge in [0, 0.05) is 20.4 Å². The molecule has 0 atom stereocenters. The Labute approximate surface area is 190 Å². The van der Waals surface area contributed by atoms with Gasteiger partial charge < -0.3 is 0 Å². The second-order valence-electron chi connectivity index (χ2n) is 7.13. The quantitative estimate of drug-likeness (QED) is 0.157. The van der Waals surface area contributed by atoms with Gasteiger partial charge in [-0.05, 0) is 43.2 Å². The Balaban J connectivity index is 0.00000420. The van der Waals surface area contributed by atoms with Crippen LogP contribution in [0.2, 0.25) is 0 Å². The first kappa shape index (κ1) is 25.2. The maximum Gasteiger partial charge on any atom is 0.0816 e. The molecule has 2 aromatic rings. The summed E-state index contributed by atoms with van der Waals surface area (Å²) >= 11 is 0. The molecule has 0 fully saturated rings. The molecule has 0 radical (unpaired) electrons. The molecule has 0 spiro atoms. The van der Waals surface area contributed by atoms with Crippen LogP contribution in [0.25, 0.3) is 0 Å². The van der Waals surface area contributed by atoms with Gasteiger partial charge in [-0.15, -0.1) is 0 Å². The molecular formula is C26H34N2Pd. The summed E-state index contributed by atoms with van der Waals surface area (Å²) in [5, 5.41) is 0. The third-order valence-electron chi connectivity index (χ3n) is 4.63. The molecular weight excluding hydrogens is 447 g/mol. The summed E-state index contributed by atoms with van der Waals surface area (Å²) in [6.45, 7) is 2.27. The third kappa shape index (κ3) is 12.4. The van der Waals surface area contributed by atoms with E-state index in [1.54, 1.807) is 0 Å². The predicted octanol–water partition coefficient (Wildman–Crippen LogP) is 8.25. The van der Waals surface area contributed by atoms with Crippen molar-refractivity contribution in [1.29, 1.82) is 0 Å². The monoisotopic (exact) mass is 480 g/mol. The fourth-order valence-corrected chi connectivity index (χ4v) is 3.02. The van der Waals surface area contributed by atoms with E-state index in [1.807, 2.05) is 66.9 Å². The summed E-state index contributed by atoms with van der Waals surface area (Å²) in [5.74, 6) is 0. The Morgan fingerprint density at radius 3 is 1.90 bits per heavy atom. The first-order valence-corrected chi connectivity index (χ1v) is 10.8. The molecule has 3 heteroatoms. The second kappa shape index (κ2) is 17.1. The van der Waals surface area contributed by atoms with Crippen molar-refractivity contribution in [2.45, 2.75) is 64.7 Å². The molecule has 0 saturated heterocycles. The van der Waals surface area contributed by atoms with E-state index in [0.29, 0.717) is 0 Å². The fourth-order valence-electron chi connectivity index (χ4n) is 3.02. The SMILES string of the molecule is CCCCCCCCCC/C=C/C(/C=N/c1ccccc1)=N\c1ccccc1.[Pd]. The van der Waals surface area contributed by atoms with Crippen LogP contribution in [0.15, 0.2) is 82.8 Å². The van der Waals surface area contributed by atoms with Gasteiger partial charge in [0.25, 0.3) is 0 Å². The van der Waals surface area contributed by atoms with Crippen molar-refractivity contribution in [2.24, 2.45) is 9.98 Å². The smallest absolute Gasteiger partial charge is 0.0816 e. The molecule has 0 unspecified atom stereocenters. The van der Waals surface area contributed by atoms with Crippen molar-refractivity contribution in [3.8, 4) is 0 Å². The van der Waals surface area contributed by atoms with Crippen LogP contribution in [0.4, 0.5) is 11.4 Å². The number of allylic oxidation sites excluding steroid dienone is 2. The fraction of sp³-hybridized carbons (Fsp3) is 0.385. The summed E-state index contributed by atoms with van der Waals surface area (Å²) in [4.78, 5) is 9.29.